The van der Waals surface area contributed by atoms with E-state index >= 15 is 0 Å². The zero-order valence-electron chi connectivity index (χ0n) is 14.7. The molecule has 0 radical (unpaired) electrons. The third-order valence-corrected chi connectivity index (χ3v) is 3.63. The van der Waals surface area contributed by atoms with Crippen molar-refractivity contribution in [3.05, 3.63) is 60.2 Å². The molecular weight excluding hydrogens is 316 g/mol. The molecule has 0 saturated heterocycles. The summed E-state index contributed by atoms with van der Waals surface area (Å²) in [6.45, 7) is 3.31. The summed E-state index contributed by atoms with van der Waals surface area (Å²) in [7, 11) is 0. The molecule has 0 saturated carbocycles. The lowest BCUT2D eigenvalue weighted by Gasteiger charge is -2.09. The zero-order valence-corrected chi connectivity index (χ0v) is 14.7. The van der Waals surface area contributed by atoms with E-state index < -0.39 is 0 Å². The molecule has 136 valence electrons. The quantitative estimate of drug-likeness (QED) is 0.332. The highest BCUT2D eigenvalue weighted by Gasteiger charge is 1.99. The van der Waals surface area contributed by atoms with Crippen molar-refractivity contribution in [2.45, 2.75) is 25.9 Å². The number of benzene rings is 2. The topological polar surface area (TPSA) is 65.7 Å². The number of hydrogen-bond donors (Lipinski definition) is 2. The van der Waals surface area contributed by atoms with Crippen molar-refractivity contribution in [2.24, 2.45) is 5.84 Å². The van der Waals surface area contributed by atoms with Crippen LogP contribution in [0.3, 0.4) is 0 Å². The monoisotopic (exact) mass is 344 g/mol. The van der Waals surface area contributed by atoms with Gasteiger partial charge < -0.3 is 14.2 Å². The van der Waals surface area contributed by atoms with Crippen molar-refractivity contribution < 1.29 is 14.2 Å². The second-order valence-electron chi connectivity index (χ2n) is 5.72. The van der Waals surface area contributed by atoms with E-state index in [9.17, 15) is 0 Å². The number of rotatable bonds is 13. The predicted octanol–water partition coefficient (Wildman–Crippen LogP) is 3.29. The Morgan fingerprint density at radius 3 is 2.24 bits per heavy atom. The largest absolute Gasteiger partial charge is 0.493 e. The van der Waals surface area contributed by atoms with Crippen LogP contribution in [0.4, 0.5) is 0 Å². The molecule has 0 unspecified atom stereocenters. The van der Waals surface area contributed by atoms with Crippen LogP contribution < -0.4 is 20.7 Å². The first-order valence-electron chi connectivity index (χ1n) is 8.79. The van der Waals surface area contributed by atoms with Crippen LogP contribution in [-0.4, -0.2) is 26.4 Å². The Labute approximate surface area is 150 Å². The maximum absolute atomic E-state index is 5.77. The Morgan fingerprint density at radius 1 is 0.760 bits per heavy atom. The van der Waals surface area contributed by atoms with Gasteiger partial charge in [-0.1, -0.05) is 36.4 Å². The maximum atomic E-state index is 5.77. The molecule has 0 spiro atoms. The first-order chi connectivity index (χ1) is 12.4. The normalized spacial score (nSPS) is 10.6. The second kappa shape index (κ2) is 12.3. The molecule has 0 heterocycles. The summed E-state index contributed by atoms with van der Waals surface area (Å²) in [4.78, 5) is 0. The van der Waals surface area contributed by atoms with Crippen LogP contribution in [0, 0.1) is 0 Å². The average Bonchev–Trinajstić information content (AvgIpc) is 2.65. The van der Waals surface area contributed by atoms with Crippen molar-refractivity contribution >= 4 is 0 Å². The minimum Gasteiger partial charge on any atom is -0.493 e. The zero-order chi connectivity index (χ0) is 17.6. The van der Waals surface area contributed by atoms with Crippen LogP contribution >= 0.6 is 0 Å². The maximum Gasteiger partial charge on any atom is 0.123 e. The van der Waals surface area contributed by atoms with E-state index in [4.69, 9.17) is 20.1 Å². The molecule has 0 fully saturated rings. The molecular formula is C20H28N2O3. The molecule has 0 atom stereocenters. The predicted molar refractivity (Wildman–Crippen MR) is 99.6 cm³/mol. The van der Waals surface area contributed by atoms with Gasteiger partial charge in [-0.2, -0.15) is 0 Å². The Bertz CT molecular complexity index is 578. The molecule has 5 heteroatoms. The first kappa shape index (κ1) is 19.2. The van der Waals surface area contributed by atoms with Crippen molar-refractivity contribution in [2.75, 3.05) is 26.4 Å². The molecule has 0 aliphatic rings. The highest BCUT2D eigenvalue weighted by Crippen LogP contribution is 2.19. The van der Waals surface area contributed by atoms with Crippen LogP contribution in [0.5, 0.6) is 11.5 Å². The summed E-state index contributed by atoms with van der Waals surface area (Å²) < 4.78 is 17.0. The number of unbranched alkanes of at least 4 members (excludes halogenated alkanes) is 2. The molecule has 3 N–H and O–H groups in total. The Hall–Kier alpha value is -2.08. The fourth-order valence-electron chi connectivity index (χ4n) is 2.32. The molecule has 25 heavy (non-hydrogen) atoms. The summed E-state index contributed by atoms with van der Waals surface area (Å²) >= 11 is 0. The Morgan fingerprint density at radius 2 is 1.48 bits per heavy atom. The standard InChI is InChI=1S/C20H28N2O3/c21-22-12-15-25-20-11-7-10-19(16-20)24-14-6-2-5-13-23-17-18-8-3-1-4-9-18/h1,3-4,7-11,16,22H,2,5-6,12-15,17,21H2. The van der Waals surface area contributed by atoms with Gasteiger partial charge in [-0.15, -0.1) is 0 Å². The van der Waals surface area contributed by atoms with Gasteiger partial charge in [-0.25, -0.2) is 0 Å². The van der Waals surface area contributed by atoms with Crippen LogP contribution in [0.25, 0.3) is 0 Å². The number of nitrogens with two attached hydrogens (primary N) is 1. The van der Waals surface area contributed by atoms with E-state index in [0.717, 1.165) is 37.4 Å². The van der Waals surface area contributed by atoms with E-state index in [1.54, 1.807) is 0 Å². The minimum atomic E-state index is 0.531. The number of hydrazine groups is 1. The SMILES string of the molecule is NNCCOc1cccc(OCCCCCOCc2ccccc2)c1. The van der Waals surface area contributed by atoms with Gasteiger partial charge in [0.2, 0.25) is 0 Å². The first-order valence-corrected chi connectivity index (χ1v) is 8.79. The third kappa shape index (κ3) is 8.54. The molecule has 2 aromatic carbocycles. The van der Waals surface area contributed by atoms with Gasteiger partial charge >= 0.3 is 0 Å². The van der Waals surface area contributed by atoms with Gasteiger partial charge in [0.15, 0.2) is 0 Å². The molecule has 0 amide bonds. The average molecular weight is 344 g/mol. The van der Waals surface area contributed by atoms with Gasteiger partial charge in [0.05, 0.1) is 13.2 Å². The van der Waals surface area contributed by atoms with Gasteiger partial charge in [-0.3, -0.25) is 11.3 Å². The van der Waals surface area contributed by atoms with E-state index in [1.807, 2.05) is 42.5 Å². The van der Waals surface area contributed by atoms with E-state index in [2.05, 4.69) is 17.6 Å². The van der Waals surface area contributed by atoms with Gasteiger partial charge in [0.25, 0.3) is 0 Å². The van der Waals surface area contributed by atoms with E-state index in [-0.39, 0.29) is 0 Å². The number of nitrogens with one attached hydrogen (secondary N) is 1. The lowest BCUT2D eigenvalue weighted by molar-refractivity contribution is 0.116. The fourth-order valence-corrected chi connectivity index (χ4v) is 2.32. The molecule has 2 aromatic rings. The van der Waals surface area contributed by atoms with Gasteiger partial charge in [0, 0.05) is 19.2 Å². The molecule has 0 bridgehead atoms. The fraction of sp³-hybridized carbons (Fsp3) is 0.400. The Kier molecular flexibility index (Phi) is 9.47. The third-order valence-electron chi connectivity index (χ3n) is 3.63. The van der Waals surface area contributed by atoms with Gasteiger partial charge in [0.1, 0.15) is 18.1 Å². The minimum absolute atomic E-state index is 0.531. The highest BCUT2D eigenvalue weighted by atomic mass is 16.5. The van der Waals surface area contributed by atoms with Crippen LogP contribution in [0.1, 0.15) is 24.8 Å². The lowest BCUT2D eigenvalue weighted by atomic mass is 10.2. The highest BCUT2D eigenvalue weighted by molar-refractivity contribution is 5.32. The van der Waals surface area contributed by atoms with Crippen molar-refractivity contribution in [1.82, 2.24) is 5.43 Å². The number of hydrogen-bond acceptors (Lipinski definition) is 5. The second-order valence-corrected chi connectivity index (χ2v) is 5.72. The summed E-state index contributed by atoms with van der Waals surface area (Å²) in [5, 5.41) is 0. The van der Waals surface area contributed by atoms with Crippen molar-refractivity contribution in [1.29, 1.82) is 0 Å². The summed E-state index contributed by atoms with van der Waals surface area (Å²) in [5.74, 6) is 6.84. The lowest BCUT2D eigenvalue weighted by Crippen LogP contribution is -2.27. The summed E-state index contributed by atoms with van der Waals surface area (Å²) in [6, 6.07) is 17.9. The molecule has 0 aliphatic carbocycles. The number of ether oxygens (including phenoxy) is 3. The van der Waals surface area contributed by atoms with Crippen LogP contribution in [0.15, 0.2) is 54.6 Å². The summed E-state index contributed by atoms with van der Waals surface area (Å²) in [5.41, 5.74) is 3.78. The Balaban J connectivity index is 1.50. The van der Waals surface area contributed by atoms with Crippen molar-refractivity contribution in [3.8, 4) is 11.5 Å². The van der Waals surface area contributed by atoms with E-state index in [0.29, 0.717) is 26.4 Å². The van der Waals surface area contributed by atoms with Crippen molar-refractivity contribution in [3.63, 3.8) is 0 Å². The summed E-state index contributed by atoms with van der Waals surface area (Å²) in [6.07, 6.45) is 3.15. The molecule has 2 rings (SSSR count). The van der Waals surface area contributed by atoms with Crippen LogP contribution in [0.2, 0.25) is 0 Å². The molecule has 0 aliphatic heterocycles. The van der Waals surface area contributed by atoms with Gasteiger partial charge in [-0.05, 0) is 37.0 Å². The van der Waals surface area contributed by atoms with E-state index in [1.165, 1.54) is 5.56 Å². The smallest absolute Gasteiger partial charge is 0.123 e. The molecule has 5 nitrogen and oxygen atoms in total. The molecule has 0 aromatic heterocycles. The van der Waals surface area contributed by atoms with Crippen LogP contribution in [-0.2, 0) is 11.3 Å².